The number of rotatable bonds is 2. The van der Waals surface area contributed by atoms with Crippen molar-refractivity contribution in [2.45, 2.75) is 19.4 Å². The average Bonchev–Trinajstić information content (AvgIpc) is 2.89. The molecular formula is C13H15BrN2O. The maximum absolute atomic E-state index is 5.15. The molecule has 0 unspecified atom stereocenters. The summed E-state index contributed by atoms with van der Waals surface area (Å²) < 4.78 is 7.46. The quantitative estimate of drug-likeness (QED) is 0.702. The van der Waals surface area contributed by atoms with Gasteiger partial charge in [0.05, 0.1) is 20.1 Å². The number of aromatic amines is 1. The van der Waals surface area contributed by atoms with Crippen LogP contribution in [-0.2, 0) is 13.0 Å². The first kappa shape index (κ1) is 12.2. The Balaban J connectivity index is 0.00000108. The number of nitrogens with zero attached hydrogens (tertiary/aromatic N) is 1. The maximum Gasteiger partial charge on any atom is 0.254 e. The molecule has 0 amide bonds. The topological polar surface area (TPSA) is 28.9 Å². The number of fused-ring (bicyclic) bond motifs is 1. The van der Waals surface area contributed by atoms with Gasteiger partial charge in [-0.2, -0.15) is 0 Å². The number of hydrogen-bond acceptors (Lipinski definition) is 1. The third-order valence-corrected chi connectivity index (χ3v) is 3.12. The Morgan fingerprint density at radius 3 is 2.65 bits per heavy atom. The van der Waals surface area contributed by atoms with E-state index in [0.29, 0.717) is 0 Å². The summed E-state index contributed by atoms with van der Waals surface area (Å²) in [5, 5.41) is 0. The molecule has 0 saturated heterocycles. The van der Waals surface area contributed by atoms with E-state index in [1.54, 1.807) is 7.11 Å². The van der Waals surface area contributed by atoms with E-state index in [2.05, 4.69) is 27.9 Å². The van der Waals surface area contributed by atoms with Gasteiger partial charge in [0.1, 0.15) is 11.9 Å². The lowest BCUT2D eigenvalue weighted by Gasteiger charge is -1.99. The Kier molecular flexibility index (Phi) is 3.52. The lowest BCUT2D eigenvalue weighted by atomic mass is 10.1. The zero-order valence-electron chi connectivity index (χ0n) is 9.74. The highest BCUT2D eigenvalue weighted by Crippen LogP contribution is 2.21. The van der Waals surface area contributed by atoms with Crippen LogP contribution in [0.15, 0.2) is 30.5 Å². The van der Waals surface area contributed by atoms with Crippen LogP contribution >= 0.6 is 0 Å². The summed E-state index contributed by atoms with van der Waals surface area (Å²) in [5.41, 5.74) is 2.40. The number of imidazole rings is 1. The van der Waals surface area contributed by atoms with Gasteiger partial charge in [-0.05, 0) is 30.7 Å². The summed E-state index contributed by atoms with van der Waals surface area (Å²) in [5.74, 6) is 2.24. The van der Waals surface area contributed by atoms with Gasteiger partial charge in [-0.15, -0.1) is 0 Å². The van der Waals surface area contributed by atoms with Gasteiger partial charge < -0.3 is 21.7 Å². The van der Waals surface area contributed by atoms with Gasteiger partial charge in [-0.3, -0.25) is 0 Å². The fourth-order valence-corrected chi connectivity index (χ4v) is 2.23. The molecule has 0 bridgehead atoms. The molecule has 1 aliphatic heterocycles. The van der Waals surface area contributed by atoms with Gasteiger partial charge >= 0.3 is 0 Å². The second kappa shape index (κ2) is 4.92. The molecule has 90 valence electrons. The smallest absolute Gasteiger partial charge is 0.254 e. The van der Waals surface area contributed by atoms with Crippen LogP contribution in [0.2, 0.25) is 0 Å². The number of benzene rings is 1. The van der Waals surface area contributed by atoms with Crippen LogP contribution in [0.4, 0.5) is 0 Å². The molecule has 3 nitrogen and oxygen atoms in total. The molecule has 2 heterocycles. The molecule has 1 N–H and O–H groups in total. The molecule has 2 aromatic rings. The third-order valence-electron chi connectivity index (χ3n) is 3.12. The highest BCUT2D eigenvalue weighted by atomic mass is 79.9. The Hall–Kier alpha value is -1.29. The molecule has 0 saturated carbocycles. The van der Waals surface area contributed by atoms with Crippen molar-refractivity contribution in [3.05, 3.63) is 36.3 Å². The second-order valence-corrected chi connectivity index (χ2v) is 4.14. The summed E-state index contributed by atoms with van der Waals surface area (Å²) in [7, 11) is 1.69. The standard InChI is InChI=1S/C13H14N2O.BrH/c1-16-11-6-4-10(5-7-11)12-9-15-8-2-3-13(15)14-12;/h4-7,9H,2-3,8H2,1H3;1H. The van der Waals surface area contributed by atoms with Crippen molar-refractivity contribution in [2.24, 2.45) is 0 Å². The first-order valence-corrected chi connectivity index (χ1v) is 5.62. The summed E-state index contributed by atoms with van der Waals surface area (Å²) in [6, 6.07) is 8.15. The number of halogens is 1. The number of hydrogen-bond donors (Lipinski definition) is 1. The number of ether oxygens (including phenoxy) is 1. The van der Waals surface area contributed by atoms with E-state index in [0.717, 1.165) is 18.7 Å². The predicted molar refractivity (Wildman–Crippen MR) is 61.3 cm³/mol. The lowest BCUT2D eigenvalue weighted by Crippen LogP contribution is -3.00. The molecule has 3 rings (SSSR count). The minimum absolute atomic E-state index is 0. The lowest BCUT2D eigenvalue weighted by molar-refractivity contribution is -0.689. The van der Waals surface area contributed by atoms with Crippen LogP contribution in [0.5, 0.6) is 5.75 Å². The fraction of sp³-hybridized carbons (Fsp3) is 0.308. The summed E-state index contributed by atoms with van der Waals surface area (Å²) in [6.07, 6.45) is 4.62. The van der Waals surface area contributed by atoms with Crippen LogP contribution in [-0.4, -0.2) is 12.1 Å². The molecule has 0 radical (unpaired) electrons. The largest absolute Gasteiger partial charge is 1.00 e. The summed E-state index contributed by atoms with van der Waals surface area (Å²) in [4.78, 5) is 3.47. The second-order valence-electron chi connectivity index (χ2n) is 4.14. The van der Waals surface area contributed by atoms with E-state index in [1.807, 2.05) is 12.1 Å². The number of aryl methyl sites for hydroxylation is 2. The number of nitrogens with one attached hydrogen (secondary N) is 1. The van der Waals surface area contributed by atoms with Crippen LogP contribution < -0.4 is 26.3 Å². The van der Waals surface area contributed by atoms with Crippen molar-refractivity contribution in [3.63, 3.8) is 0 Å². The molecule has 0 fully saturated rings. The van der Waals surface area contributed by atoms with Crippen LogP contribution in [0.1, 0.15) is 12.2 Å². The molecule has 0 aliphatic carbocycles. The Labute approximate surface area is 111 Å². The van der Waals surface area contributed by atoms with Crippen molar-refractivity contribution >= 4 is 0 Å². The predicted octanol–water partition coefficient (Wildman–Crippen LogP) is -1.07. The van der Waals surface area contributed by atoms with Crippen LogP contribution in [0.25, 0.3) is 11.3 Å². The first-order valence-electron chi connectivity index (χ1n) is 5.62. The van der Waals surface area contributed by atoms with Gasteiger partial charge in [0.25, 0.3) is 5.82 Å². The van der Waals surface area contributed by atoms with Crippen molar-refractivity contribution in [3.8, 4) is 17.0 Å². The van der Waals surface area contributed by atoms with Gasteiger partial charge in [-0.25, -0.2) is 9.55 Å². The normalized spacial score (nSPS) is 13.0. The minimum atomic E-state index is 0. The van der Waals surface area contributed by atoms with E-state index >= 15 is 0 Å². The molecule has 17 heavy (non-hydrogen) atoms. The highest BCUT2D eigenvalue weighted by molar-refractivity contribution is 5.58. The monoisotopic (exact) mass is 294 g/mol. The van der Waals surface area contributed by atoms with Crippen molar-refractivity contribution < 1.29 is 26.3 Å². The molecule has 1 aromatic heterocycles. The van der Waals surface area contributed by atoms with E-state index < -0.39 is 0 Å². The van der Waals surface area contributed by atoms with Crippen LogP contribution in [0.3, 0.4) is 0 Å². The zero-order chi connectivity index (χ0) is 11.0. The molecule has 0 spiro atoms. The summed E-state index contributed by atoms with van der Waals surface area (Å²) >= 11 is 0. The number of aromatic nitrogens is 2. The van der Waals surface area contributed by atoms with Crippen LogP contribution in [0, 0.1) is 0 Å². The Morgan fingerprint density at radius 1 is 1.24 bits per heavy atom. The Bertz CT molecular complexity index is 483. The minimum Gasteiger partial charge on any atom is -1.00 e. The van der Waals surface area contributed by atoms with Crippen molar-refractivity contribution in [2.75, 3.05) is 7.11 Å². The van der Waals surface area contributed by atoms with Crippen molar-refractivity contribution in [1.82, 2.24) is 4.98 Å². The van der Waals surface area contributed by atoms with Gasteiger partial charge in [0.15, 0.2) is 5.69 Å². The fourth-order valence-electron chi connectivity index (χ4n) is 2.23. The highest BCUT2D eigenvalue weighted by Gasteiger charge is 2.21. The van der Waals surface area contributed by atoms with Crippen molar-refractivity contribution in [1.29, 1.82) is 0 Å². The first-order chi connectivity index (χ1) is 7.86. The molecular weight excluding hydrogens is 280 g/mol. The van der Waals surface area contributed by atoms with Gasteiger partial charge in [-0.1, -0.05) is 0 Å². The third kappa shape index (κ3) is 2.22. The average molecular weight is 295 g/mol. The van der Waals surface area contributed by atoms with E-state index in [1.165, 1.54) is 23.5 Å². The zero-order valence-corrected chi connectivity index (χ0v) is 11.3. The van der Waals surface area contributed by atoms with Gasteiger partial charge in [0, 0.05) is 5.56 Å². The number of H-pyrrole nitrogens is 1. The van der Waals surface area contributed by atoms with E-state index in [4.69, 9.17) is 4.74 Å². The van der Waals surface area contributed by atoms with E-state index in [9.17, 15) is 0 Å². The molecule has 1 aromatic carbocycles. The number of methoxy groups -OCH3 is 1. The SMILES string of the molecule is COc1ccc(-c2c[n+]3c([nH]2)CCC3)cc1.[Br-]. The Morgan fingerprint density at radius 2 is 2.00 bits per heavy atom. The van der Waals surface area contributed by atoms with Gasteiger partial charge in [0.2, 0.25) is 0 Å². The molecule has 0 atom stereocenters. The molecule has 4 heteroatoms. The summed E-state index contributed by atoms with van der Waals surface area (Å²) in [6.45, 7) is 1.14. The maximum atomic E-state index is 5.15. The van der Waals surface area contributed by atoms with E-state index in [-0.39, 0.29) is 17.0 Å². The molecule has 1 aliphatic rings.